The molecular weight excluding hydrogens is 398 g/mol. The molecule has 0 atom stereocenters. The zero-order valence-corrected chi connectivity index (χ0v) is 17.8. The number of rotatable bonds is 7. The summed E-state index contributed by atoms with van der Waals surface area (Å²) in [5, 5.41) is 3.40. The maximum atomic E-state index is 6.19. The van der Waals surface area contributed by atoms with Crippen molar-refractivity contribution < 1.29 is 4.74 Å². The lowest BCUT2D eigenvalue weighted by atomic mass is 9.90. The second-order valence-corrected chi connectivity index (χ2v) is 7.77. The SMILES string of the molecule is CCOc1ccc(Nc2nc(Cl)nc(N3CCC(Cc4ccccc4)CC3)n2)cc1. The zero-order valence-electron chi connectivity index (χ0n) is 17.1. The molecule has 1 aliphatic heterocycles. The van der Waals surface area contributed by atoms with Crippen LogP contribution < -0.4 is 15.0 Å². The van der Waals surface area contributed by atoms with Crippen LogP contribution in [0.3, 0.4) is 0 Å². The molecule has 1 N–H and O–H groups in total. The predicted molar refractivity (Wildman–Crippen MR) is 121 cm³/mol. The molecule has 1 fully saturated rings. The fraction of sp³-hybridized carbons (Fsp3) is 0.348. The average molecular weight is 424 g/mol. The van der Waals surface area contributed by atoms with Gasteiger partial charge in [-0.25, -0.2) is 0 Å². The largest absolute Gasteiger partial charge is 0.494 e. The van der Waals surface area contributed by atoms with E-state index in [2.05, 4.69) is 55.5 Å². The third kappa shape index (κ3) is 5.39. The summed E-state index contributed by atoms with van der Waals surface area (Å²) < 4.78 is 5.48. The summed E-state index contributed by atoms with van der Waals surface area (Å²) >= 11 is 6.19. The first kappa shape index (κ1) is 20.4. The lowest BCUT2D eigenvalue weighted by Gasteiger charge is -2.32. The molecule has 156 valence electrons. The first-order chi connectivity index (χ1) is 14.7. The van der Waals surface area contributed by atoms with Gasteiger partial charge in [0, 0.05) is 18.8 Å². The van der Waals surface area contributed by atoms with E-state index in [9.17, 15) is 0 Å². The van der Waals surface area contributed by atoms with Gasteiger partial charge in [0.15, 0.2) is 0 Å². The Morgan fingerprint density at radius 2 is 1.73 bits per heavy atom. The van der Waals surface area contributed by atoms with Crippen molar-refractivity contribution in [3.8, 4) is 5.75 Å². The zero-order chi connectivity index (χ0) is 20.8. The Morgan fingerprint density at radius 3 is 2.43 bits per heavy atom. The highest BCUT2D eigenvalue weighted by Gasteiger charge is 2.22. The maximum Gasteiger partial charge on any atom is 0.233 e. The molecule has 2 aromatic carbocycles. The Hall–Kier alpha value is -2.86. The molecule has 2 heterocycles. The molecule has 3 aromatic rings. The first-order valence-electron chi connectivity index (χ1n) is 10.4. The number of ether oxygens (including phenoxy) is 1. The third-order valence-electron chi connectivity index (χ3n) is 5.28. The number of nitrogens with zero attached hydrogens (tertiary/aromatic N) is 4. The van der Waals surface area contributed by atoms with Gasteiger partial charge in [0.1, 0.15) is 5.75 Å². The number of aromatic nitrogens is 3. The van der Waals surface area contributed by atoms with Crippen LogP contribution in [0.15, 0.2) is 54.6 Å². The van der Waals surface area contributed by atoms with Gasteiger partial charge in [-0.1, -0.05) is 30.3 Å². The van der Waals surface area contributed by atoms with E-state index in [0.29, 0.717) is 24.4 Å². The van der Waals surface area contributed by atoms with Gasteiger partial charge >= 0.3 is 0 Å². The van der Waals surface area contributed by atoms with Crippen LogP contribution in [0, 0.1) is 5.92 Å². The summed E-state index contributed by atoms with van der Waals surface area (Å²) in [5.74, 6) is 2.58. The molecule has 30 heavy (non-hydrogen) atoms. The monoisotopic (exact) mass is 423 g/mol. The second-order valence-electron chi connectivity index (χ2n) is 7.43. The third-order valence-corrected chi connectivity index (χ3v) is 5.45. The maximum absolute atomic E-state index is 6.19. The number of hydrogen-bond donors (Lipinski definition) is 1. The summed E-state index contributed by atoms with van der Waals surface area (Å²) in [6.45, 7) is 4.44. The van der Waals surface area contributed by atoms with E-state index in [1.54, 1.807) is 0 Å². The topological polar surface area (TPSA) is 63.2 Å². The van der Waals surface area contributed by atoms with Crippen molar-refractivity contribution in [2.75, 3.05) is 29.9 Å². The highest BCUT2D eigenvalue weighted by atomic mass is 35.5. The van der Waals surface area contributed by atoms with Crippen molar-refractivity contribution in [3.05, 3.63) is 65.4 Å². The lowest BCUT2D eigenvalue weighted by molar-refractivity contribution is 0.340. The van der Waals surface area contributed by atoms with Crippen molar-refractivity contribution >= 4 is 29.2 Å². The van der Waals surface area contributed by atoms with Gasteiger partial charge in [-0.05, 0) is 73.5 Å². The number of anilines is 3. The number of hydrogen-bond acceptors (Lipinski definition) is 6. The van der Waals surface area contributed by atoms with Crippen LogP contribution in [0.2, 0.25) is 5.28 Å². The van der Waals surface area contributed by atoms with Gasteiger partial charge in [0.2, 0.25) is 17.2 Å². The molecule has 7 heteroatoms. The van der Waals surface area contributed by atoms with Gasteiger partial charge in [-0.2, -0.15) is 15.0 Å². The van der Waals surface area contributed by atoms with Crippen LogP contribution in [-0.2, 0) is 6.42 Å². The Bertz CT molecular complexity index is 944. The molecule has 1 saturated heterocycles. The van der Waals surface area contributed by atoms with Crippen molar-refractivity contribution in [3.63, 3.8) is 0 Å². The van der Waals surface area contributed by atoms with Crippen LogP contribution in [0.4, 0.5) is 17.6 Å². The Morgan fingerprint density at radius 1 is 1.00 bits per heavy atom. The molecule has 0 unspecified atom stereocenters. The minimum absolute atomic E-state index is 0.194. The quantitative estimate of drug-likeness (QED) is 0.568. The predicted octanol–water partition coefficient (Wildman–Crippen LogP) is 5.13. The first-order valence-corrected chi connectivity index (χ1v) is 10.8. The van der Waals surface area contributed by atoms with E-state index < -0.39 is 0 Å². The second kappa shape index (κ2) is 9.76. The van der Waals surface area contributed by atoms with Gasteiger partial charge in [0.05, 0.1) is 6.61 Å². The van der Waals surface area contributed by atoms with Crippen LogP contribution in [0.5, 0.6) is 5.75 Å². The fourth-order valence-electron chi connectivity index (χ4n) is 3.75. The van der Waals surface area contributed by atoms with Crippen molar-refractivity contribution in [2.45, 2.75) is 26.2 Å². The molecule has 1 aliphatic rings. The Kier molecular flexibility index (Phi) is 6.64. The van der Waals surface area contributed by atoms with E-state index >= 15 is 0 Å². The van der Waals surface area contributed by atoms with Crippen LogP contribution >= 0.6 is 11.6 Å². The summed E-state index contributed by atoms with van der Waals surface area (Å²) in [7, 11) is 0. The van der Waals surface area contributed by atoms with Gasteiger partial charge in [0.25, 0.3) is 0 Å². The normalized spacial score (nSPS) is 14.5. The molecule has 4 rings (SSSR count). The van der Waals surface area contributed by atoms with Crippen molar-refractivity contribution in [1.29, 1.82) is 0 Å². The van der Waals surface area contributed by atoms with E-state index in [0.717, 1.165) is 43.8 Å². The number of halogens is 1. The standard InChI is InChI=1S/C23H26ClN5O/c1-2-30-20-10-8-19(9-11-20)25-22-26-21(24)27-23(28-22)29-14-12-18(13-15-29)16-17-6-4-3-5-7-17/h3-11,18H,2,12-16H2,1H3,(H,25,26,27,28). The molecule has 1 aromatic heterocycles. The molecule has 0 bridgehead atoms. The summed E-state index contributed by atoms with van der Waals surface area (Å²) in [6.07, 6.45) is 3.34. The molecule has 0 aliphatic carbocycles. The number of benzene rings is 2. The highest BCUT2D eigenvalue weighted by Crippen LogP contribution is 2.26. The van der Waals surface area contributed by atoms with E-state index in [1.807, 2.05) is 31.2 Å². The highest BCUT2D eigenvalue weighted by molar-refractivity contribution is 6.28. The van der Waals surface area contributed by atoms with Crippen LogP contribution in [0.25, 0.3) is 0 Å². The summed E-state index contributed by atoms with van der Waals surface area (Å²) in [4.78, 5) is 15.4. The minimum Gasteiger partial charge on any atom is -0.494 e. The average Bonchev–Trinajstić information content (AvgIpc) is 2.76. The molecule has 0 spiro atoms. The van der Waals surface area contributed by atoms with Gasteiger partial charge in [-0.3, -0.25) is 0 Å². The summed E-state index contributed by atoms with van der Waals surface area (Å²) in [6, 6.07) is 18.4. The lowest BCUT2D eigenvalue weighted by Crippen LogP contribution is -2.35. The summed E-state index contributed by atoms with van der Waals surface area (Å²) in [5.41, 5.74) is 2.27. The minimum atomic E-state index is 0.194. The molecule has 6 nitrogen and oxygen atoms in total. The molecular formula is C23H26ClN5O. The molecule has 0 saturated carbocycles. The Labute approximate surface area is 182 Å². The molecule has 0 amide bonds. The van der Waals surface area contributed by atoms with Crippen LogP contribution in [0.1, 0.15) is 25.3 Å². The Balaban J connectivity index is 1.38. The fourth-order valence-corrected chi connectivity index (χ4v) is 3.91. The van der Waals surface area contributed by atoms with Crippen LogP contribution in [-0.4, -0.2) is 34.6 Å². The number of nitrogens with one attached hydrogen (secondary N) is 1. The number of piperidine rings is 1. The van der Waals surface area contributed by atoms with Crippen molar-refractivity contribution in [2.24, 2.45) is 5.92 Å². The smallest absolute Gasteiger partial charge is 0.233 e. The molecule has 0 radical (unpaired) electrons. The van der Waals surface area contributed by atoms with E-state index in [1.165, 1.54) is 5.56 Å². The van der Waals surface area contributed by atoms with Gasteiger partial charge in [-0.15, -0.1) is 0 Å². The van der Waals surface area contributed by atoms with Gasteiger partial charge < -0.3 is 15.0 Å². The van der Waals surface area contributed by atoms with Crippen molar-refractivity contribution in [1.82, 2.24) is 15.0 Å². The van der Waals surface area contributed by atoms with E-state index in [4.69, 9.17) is 16.3 Å². The van der Waals surface area contributed by atoms with E-state index in [-0.39, 0.29) is 5.28 Å².